The Balaban J connectivity index is 0.000000371. The van der Waals surface area contributed by atoms with Crippen LogP contribution in [0.3, 0.4) is 0 Å². The Morgan fingerprint density at radius 2 is 1.21 bits per heavy atom. The lowest BCUT2D eigenvalue weighted by atomic mass is 9.82. The maximum atomic E-state index is 13.1. The van der Waals surface area contributed by atoms with Gasteiger partial charge < -0.3 is 38.3 Å². The zero-order valence-electron chi connectivity index (χ0n) is 47.3. The van der Waals surface area contributed by atoms with Crippen LogP contribution in [0.2, 0.25) is 0 Å². The van der Waals surface area contributed by atoms with Crippen molar-refractivity contribution in [3.8, 4) is 29.1 Å². The number of phenols is 1. The molecule has 438 valence electrons. The van der Waals surface area contributed by atoms with Gasteiger partial charge in [0.25, 0.3) is 0 Å². The number of hydrogen-bond acceptors (Lipinski definition) is 18. The Morgan fingerprint density at radius 3 is 1.79 bits per heavy atom. The Bertz CT molecular complexity index is 2820. The first-order valence-corrected chi connectivity index (χ1v) is 29.0. The number of hydrazone groups is 1. The minimum absolute atomic E-state index is 0.0129. The van der Waals surface area contributed by atoms with Gasteiger partial charge in [0.1, 0.15) is 34.5 Å². The number of fused-ring (bicyclic) bond motifs is 1. The highest BCUT2D eigenvalue weighted by atomic mass is 32.1. The summed E-state index contributed by atoms with van der Waals surface area (Å²) in [6, 6.07) is 21.0. The molecule has 2 aliphatic carbocycles. The van der Waals surface area contributed by atoms with Crippen LogP contribution in [-0.2, 0) is 42.9 Å². The van der Waals surface area contributed by atoms with Gasteiger partial charge in [-0.1, -0.05) is 56.7 Å². The highest BCUT2D eigenvalue weighted by Gasteiger charge is 2.32. The molecule has 2 aliphatic rings. The van der Waals surface area contributed by atoms with Crippen LogP contribution in [0.1, 0.15) is 129 Å². The van der Waals surface area contributed by atoms with Crippen LogP contribution in [0.4, 0.5) is 5.13 Å². The number of carbonyl (C=O) groups is 5. The number of hydrogen-bond donors (Lipinski definition) is 1. The fourth-order valence-corrected chi connectivity index (χ4v) is 9.89. The van der Waals surface area contributed by atoms with E-state index in [2.05, 4.69) is 49.4 Å². The molecular weight excluding hydrogens is 1060 g/mol. The molecule has 18 heteroatoms. The topological polar surface area (TPSA) is 222 Å². The van der Waals surface area contributed by atoms with Crippen molar-refractivity contribution in [2.45, 2.75) is 129 Å². The lowest BCUT2D eigenvalue weighted by Gasteiger charge is -2.25. The standard InChI is InChI=1S/C41H44N4O8S.C23H34O5/c1-3-38(47)51-25-9-5-4-8-24-50-32-16-18-33(19-17-32)52-39(48)29-12-14-30(15-13-29)40(49)53-34-20-21-36(46)31(26-34)27-43-45(28(2)22-23-42)41-44-35-10-6-7-11-37(35)54-41;1-5-22(24)27-17-9-7-6-8-16-26-19(3)12-13-20(4)28-23(25)21-14-10-18(2)11-15-21/h3,6-7,10-11,16-21,26-30,46H,1,4-5,8-9,12-15,22,24-25H2,2H3;5,12-13,18,21H,1,3-4,6-11,14-17H2,2H3/b43-27+;13-12-. The first-order valence-electron chi connectivity index (χ1n) is 28.2. The Hall–Kier alpha value is -8.04. The summed E-state index contributed by atoms with van der Waals surface area (Å²) < 4.78 is 38.8. The minimum Gasteiger partial charge on any atom is -0.507 e. The molecule has 0 radical (unpaired) electrons. The largest absolute Gasteiger partial charge is 0.507 e. The van der Waals surface area contributed by atoms with Gasteiger partial charge in [0.15, 0.2) is 0 Å². The quantitative estimate of drug-likeness (QED) is 0.00569. The van der Waals surface area contributed by atoms with E-state index < -0.39 is 11.9 Å². The van der Waals surface area contributed by atoms with Crippen molar-refractivity contribution in [3.63, 3.8) is 0 Å². The van der Waals surface area contributed by atoms with E-state index in [0.29, 0.717) is 91.7 Å². The van der Waals surface area contributed by atoms with E-state index in [4.69, 9.17) is 33.2 Å². The fourth-order valence-electron chi connectivity index (χ4n) is 8.87. The molecule has 17 nitrogen and oxygen atoms in total. The van der Waals surface area contributed by atoms with Gasteiger partial charge in [-0.15, -0.1) is 0 Å². The first kappa shape index (κ1) is 64.8. The number of phenolic OH excluding ortho intramolecular Hbond substituents is 1. The maximum absolute atomic E-state index is 13.1. The molecule has 0 bridgehead atoms. The van der Waals surface area contributed by atoms with Gasteiger partial charge in [0.2, 0.25) is 5.13 Å². The van der Waals surface area contributed by atoms with Gasteiger partial charge >= 0.3 is 29.8 Å². The molecular formula is C64H78N4O13S. The van der Waals surface area contributed by atoms with Crippen LogP contribution in [0.5, 0.6) is 23.0 Å². The Labute approximate surface area is 485 Å². The lowest BCUT2D eigenvalue weighted by Crippen LogP contribution is -2.30. The van der Waals surface area contributed by atoms with Crippen molar-refractivity contribution in [2.75, 3.05) is 31.4 Å². The lowest BCUT2D eigenvalue weighted by molar-refractivity contribution is -0.145. The number of rotatable bonds is 31. The minimum atomic E-state index is -0.405. The number of aromatic nitrogens is 1. The molecule has 1 unspecified atom stereocenters. The maximum Gasteiger partial charge on any atom is 0.330 e. The van der Waals surface area contributed by atoms with Gasteiger partial charge in [-0.3, -0.25) is 14.4 Å². The zero-order valence-corrected chi connectivity index (χ0v) is 48.2. The molecule has 6 rings (SSSR count). The average Bonchev–Trinajstić information content (AvgIpc) is 4.05. The molecule has 2 saturated carbocycles. The van der Waals surface area contributed by atoms with Crippen LogP contribution < -0.4 is 19.2 Å². The summed E-state index contributed by atoms with van der Waals surface area (Å²) in [6.45, 7) is 20.3. The number of carbonyl (C=O) groups excluding carboxylic acids is 5. The molecule has 0 amide bonds. The van der Waals surface area contributed by atoms with E-state index in [1.165, 1.54) is 41.8 Å². The summed E-state index contributed by atoms with van der Waals surface area (Å²) >= 11 is 1.45. The zero-order chi connectivity index (χ0) is 59.1. The second-order valence-electron chi connectivity index (χ2n) is 20.3. The van der Waals surface area contributed by atoms with E-state index in [1.807, 2.05) is 31.2 Å². The summed E-state index contributed by atoms with van der Waals surface area (Å²) in [7, 11) is 0. The number of nitriles is 1. The second-order valence-corrected chi connectivity index (χ2v) is 21.3. The molecule has 2 fully saturated rings. The van der Waals surface area contributed by atoms with E-state index in [0.717, 1.165) is 93.3 Å². The summed E-state index contributed by atoms with van der Waals surface area (Å²) in [4.78, 5) is 64.8. The van der Waals surface area contributed by atoms with Gasteiger partial charge in [0.05, 0.1) is 79.1 Å². The summed E-state index contributed by atoms with van der Waals surface area (Å²) in [6.07, 6.45) is 20.3. The molecule has 1 N–H and O–H groups in total. The molecule has 0 spiro atoms. The van der Waals surface area contributed by atoms with E-state index in [9.17, 15) is 34.3 Å². The molecule has 4 aromatic rings. The van der Waals surface area contributed by atoms with Crippen molar-refractivity contribution in [3.05, 3.63) is 134 Å². The van der Waals surface area contributed by atoms with Gasteiger partial charge in [-0.05, 0) is 182 Å². The molecule has 1 heterocycles. The molecule has 82 heavy (non-hydrogen) atoms. The molecule has 1 atom stereocenters. The summed E-state index contributed by atoms with van der Waals surface area (Å²) in [5.41, 5.74) is 1.16. The number of para-hydroxylation sites is 1. The van der Waals surface area contributed by atoms with E-state index >= 15 is 0 Å². The third-order valence-corrected chi connectivity index (χ3v) is 14.8. The predicted molar refractivity (Wildman–Crippen MR) is 316 cm³/mol. The first-order chi connectivity index (χ1) is 39.6. The van der Waals surface area contributed by atoms with Crippen molar-refractivity contribution < 1.29 is 62.2 Å². The predicted octanol–water partition coefficient (Wildman–Crippen LogP) is 13.4. The van der Waals surface area contributed by atoms with Gasteiger partial charge in [-0.25, -0.2) is 19.6 Å². The molecule has 0 aliphatic heterocycles. The fraction of sp³-hybridized carbons (Fsp3) is 0.438. The van der Waals surface area contributed by atoms with Gasteiger partial charge in [0, 0.05) is 17.7 Å². The number of esters is 5. The number of unbranched alkanes of at least 4 members (excludes halogenated alkanes) is 6. The summed E-state index contributed by atoms with van der Waals surface area (Å²) in [5.74, 6) is 0.386. The SMILES string of the molecule is C=CC(=O)OCCCCCCOC(=C)/C=C\C(=C)OC(=O)C1CCC(C)CC1.C=CC(=O)OCCCCCCOc1ccc(OC(=O)C2CCC(C(=O)Oc3ccc(O)c(/C=N/N(c4nc5ccccc5s4)C(C)CC#N)c3)CC2)cc1. The van der Waals surface area contributed by atoms with Crippen LogP contribution in [-0.4, -0.2) is 78.6 Å². The Kier molecular flexibility index (Phi) is 28.2. The number of benzene rings is 3. The highest BCUT2D eigenvalue weighted by Crippen LogP contribution is 2.34. The molecule has 1 aromatic heterocycles. The van der Waals surface area contributed by atoms with Crippen LogP contribution in [0.25, 0.3) is 10.2 Å². The van der Waals surface area contributed by atoms with Crippen LogP contribution in [0, 0.1) is 35.0 Å². The number of nitrogens with zero attached hydrogens (tertiary/aromatic N) is 4. The van der Waals surface area contributed by atoms with Crippen LogP contribution >= 0.6 is 11.3 Å². The third kappa shape index (κ3) is 23.2. The number of aromatic hydroxyl groups is 1. The number of allylic oxidation sites excluding steroid dienone is 2. The van der Waals surface area contributed by atoms with Crippen molar-refractivity contribution in [1.82, 2.24) is 4.98 Å². The van der Waals surface area contributed by atoms with Crippen molar-refractivity contribution in [1.29, 1.82) is 5.26 Å². The highest BCUT2D eigenvalue weighted by molar-refractivity contribution is 7.22. The van der Waals surface area contributed by atoms with Crippen molar-refractivity contribution in [2.24, 2.45) is 28.8 Å². The van der Waals surface area contributed by atoms with E-state index in [1.54, 1.807) is 41.4 Å². The normalized spacial score (nSPS) is 17.0. The average molecular weight is 1140 g/mol. The second kappa shape index (κ2) is 35.6. The number of anilines is 1. The Morgan fingerprint density at radius 1 is 0.695 bits per heavy atom. The summed E-state index contributed by atoms with van der Waals surface area (Å²) in [5, 5.41) is 26.8. The third-order valence-electron chi connectivity index (χ3n) is 13.7. The monoisotopic (exact) mass is 1140 g/mol. The van der Waals surface area contributed by atoms with Crippen molar-refractivity contribution >= 4 is 62.7 Å². The number of ether oxygens (including phenoxy) is 7. The number of thiazole rings is 1. The molecule has 3 aromatic carbocycles. The van der Waals surface area contributed by atoms with Crippen LogP contribution in [0.15, 0.2) is 134 Å². The molecule has 0 saturated heterocycles. The smallest absolute Gasteiger partial charge is 0.330 e. The van der Waals surface area contributed by atoms with Gasteiger partial charge in [-0.2, -0.15) is 10.4 Å². The van der Waals surface area contributed by atoms with E-state index in [-0.39, 0.29) is 59.6 Å².